The van der Waals surface area contributed by atoms with E-state index in [4.69, 9.17) is 10.00 Å². The topological polar surface area (TPSA) is 49.2 Å². The van der Waals surface area contributed by atoms with Crippen LogP contribution >= 0.6 is 0 Å². The molecule has 4 nitrogen and oxygen atoms in total. The van der Waals surface area contributed by atoms with Crippen molar-refractivity contribution in [1.29, 1.82) is 5.26 Å². The van der Waals surface area contributed by atoms with Gasteiger partial charge in [-0.05, 0) is 25.0 Å². The van der Waals surface area contributed by atoms with Crippen LogP contribution in [0.25, 0.3) is 0 Å². The summed E-state index contributed by atoms with van der Waals surface area (Å²) in [6.07, 6.45) is 3.91. The van der Waals surface area contributed by atoms with Crippen molar-refractivity contribution in [1.82, 2.24) is 4.98 Å². The standard InChI is InChI=1S/C13H17N3O/c1-2-11-10-16(7-4-8-17-11)13-5-3-6-15-12(13)9-14/h3,5-6,11H,2,4,7-8,10H2,1H3. The molecule has 1 fully saturated rings. The zero-order valence-corrected chi connectivity index (χ0v) is 10.1. The third-order valence-electron chi connectivity index (χ3n) is 3.04. The van der Waals surface area contributed by atoms with Gasteiger partial charge in [-0.1, -0.05) is 6.92 Å². The van der Waals surface area contributed by atoms with Gasteiger partial charge in [-0.25, -0.2) is 4.98 Å². The number of nitriles is 1. The Labute approximate surface area is 102 Å². The Morgan fingerprint density at radius 2 is 2.53 bits per heavy atom. The molecule has 2 rings (SSSR count). The molecule has 1 aliphatic heterocycles. The van der Waals surface area contributed by atoms with Crippen molar-refractivity contribution in [3.05, 3.63) is 24.0 Å². The van der Waals surface area contributed by atoms with E-state index in [0.29, 0.717) is 5.69 Å². The molecule has 0 aliphatic carbocycles. The Kier molecular flexibility index (Phi) is 3.94. The lowest BCUT2D eigenvalue weighted by Crippen LogP contribution is -2.32. The monoisotopic (exact) mass is 231 g/mol. The molecule has 2 heterocycles. The van der Waals surface area contributed by atoms with Crippen LogP contribution < -0.4 is 4.90 Å². The van der Waals surface area contributed by atoms with Gasteiger partial charge < -0.3 is 9.64 Å². The van der Waals surface area contributed by atoms with Gasteiger partial charge in [-0.15, -0.1) is 0 Å². The molecule has 0 spiro atoms. The fourth-order valence-electron chi connectivity index (χ4n) is 2.10. The van der Waals surface area contributed by atoms with Gasteiger partial charge in [-0.2, -0.15) is 5.26 Å². The summed E-state index contributed by atoms with van der Waals surface area (Å²) in [6.45, 7) is 4.70. The number of hydrogen-bond acceptors (Lipinski definition) is 4. The summed E-state index contributed by atoms with van der Waals surface area (Å²) >= 11 is 0. The van der Waals surface area contributed by atoms with Crippen molar-refractivity contribution in [2.75, 3.05) is 24.6 Å². The van der Waals surface area contributed by atoms with Gasteiger partial charge in [0, 0.05) is 25.9 Å². The number of rotatable bonds is 2. The summed E-state index contributed by atoms with van der Waals surface area (Å²) < 4.78 is 5.73. The SMILES string of the molecule is CCC1CN(c2cccnc2C#N)CCCO1. The van der Waals surface area contributed by atoms with Crippen molar-refractivity contribution < 1.29 is 4.74 Å². The summed E-state index contributed by atoms with van der Waals surface area (Å²) in [5, 5.41) is 9.07. The second kappa shape index (κ2) is 5.65. The Hall–Kier alpha value is -1.60. The van der Waals surface area contributed by atoms with Crippen molar-refractivity contribution in [2.24, 2.45) is 0 Å². The lowest BCUT2D eigenvalue weighted by molar-refractivity contribution is 0.0664. The average Bonchev–Trinajstić information content (AvgIpc) is 2.64. The van der Waals surface area contributed by atoms with Crippen LogP contribution in [0.2, 0.25) is 0 Å². The predicted molar refractivity (Wildman–Crippen MR) is 65.8 cm³/mol. The van der Waals surface area contributed by atoms with E-state index in [1.54, 1.807) is 6.20 Å². The van der Waals surface area contributed by atoms with Gasteiger partial charge in [0.1, 0.15) is 6.07 Å². The molecule has 0 bridgehead atoms. The summed E-state index contributed by atoms with van der Waals surface area (Å²) in [7, 11) is 0. The lowest BCUT2D eigenvalue weighted by Gasteiger charge is -2.25. The molecule has 0 amide bonds. The smallest absolute Gasteiger partial charge is 0.163 e. The second-order valence-corrected chi connectivity index (χ2v) is 4.18. The molecule has 0 N–H and O–H groups in total. The second-order valence-electron chi connectivity index (χ2n) is 4.18. The molecule has 1 aromatic rings. The molecule has 1 atom stereocenters. The number of anilines is 1. The first kappa shape index (κ1) is 11.9. The Morgan fingerprint density at radius 1 is 1.65 bits per heavy atom. The maximum absolute atomic E-state index is 9.07. The Bertz CT molecular complexity index is 413. The first-order valence-corrected chi connectivity index (χ1v) is 6.06. The minimum atomic E-state index is 0.254. The van der Waals surface area contributed by atoms with Crippen LogP contribution in [0.15, 0.2) is 18.3 Å². The number of pyridine rings is 1. The van der Waals surface area contributed by atoms with Gasteiger partial charge in [0.25, 0.3) is 0 Å². The third-order valence-corrected chi connectivity index (χ3v) is 3.04. The van der Waals surface area contributed by atoms with E-state index in [1.807, 2.05) is 12.1 Å². The van der Waals surface area contributed by atoms with Crippen molar-refractivity contribution in [3.63, 3.8) is 0 Å². The van der Waals surface area contributed by atoms with Crippen LogP contribution in [-0.4, -0.2) is 30.8 Å². The third kappa shape index (κ3) is 2.75. The zero-order valence-electron chi connectivity index (χ0n) is 10.1. The van der Waals surface area contributed by atoms with E-state index < -0.39 is 0 Å². The number of hydrogen-bond donors (Lipinski definition) is 0. The van der Waals surface area contributed by atoms with Crippen LogP contribution in [-0.2, 0) is 4.74 Å². The van der Waals surface area contributed by atoms with E-state index in [1.165, 1.54) is 0 Å². The van der Waals surface area contributed by atoms with Crippen molar-refractivity contribution in [3.8, 4) is 6.07 Å². The van der Waals surface area contributed by atoms with Crippen LogP contribution in [0.5, 0.6) is 0 Å². The molecule has 1 aliphatic rings. The highest BCUT2D eigenvalue weighted by Crippen LogP contribution is 2.21. The molecule has 0 aromatic carbocycles. The van der Waals surface area contributed by atoms with E-state index >= 15 is 0 Å². The van der Waals surface area contributed by atoms with Gasteiger partial charge in [0.05, 0.1) is 11.8 Å². The van der Waals surface area contributed by atoms with E-state index in [9.17, 15) is 0 Å². The van der Waals surface area contributed by atoms with Crippen LogP contribution in [0, 0.1) is 11.3 Å². The Balaban J connectivity index is 2.22. The number of nitrogens with zero attached hydrogens (tertiary/aromatic N) is 3. The summed E-state index contributed by atoms with van der Waals surface area (Å²) in [5.74, 6) is 0. The van der Waals surface area contributed by atoms with Crippen molar-refractivity contribution in [2.45, 2.75) is 25.9 Å². The van der Waals surface area contributed by atoms with Crippen LogP contribution in [0.4, 0.5) is 5.69 Å². The highest BCUT2D eigenvalue weighted by atomic mass is 16.5. The largest absolute Gasteiger partial charge is 0.376 e. The molecule has 90 valence electrons. The highest BCUT2D eigenvalue weighted by molar-refractivity contribution is 5.55. The summed E-state index contributed by atoms with van der Waals surface area (Å²) in [5.41, 5.74) is 1.43. The quantitative estimate of drug-likeness (QED) is 0.780. The fraction of sp³-hybridized carbons (Fsp3) is 0.538. The van der Waals surface area contributed by atoms with Gasteiger partial charge >= 0.3 is 0 Å². The van der Waals surface area contributed by atoms with E-state index in [-0.39, 0.29) is 6.10 Å². The molecule has 1 aromatic heterocycles. The first-order valence-electron chi connectivity index (χ1n) is 6.06. The molecule has 0 radical (unpaired) electrons. The maximum atomic E-state index is 9.07. The molecular weight excluding hydrogens is 214 g/mol. The van der Waals surface area contributed by atoms with Crippen LogP contribution in [0.1, 0.15) is 25.5 Å². The molecular formula is C13H17N3O. The molecule has 0 saturated carbocycles. The molecule has 17 heavy (non-hydrogen) atoms. The zero-order chi connectivity index (χ0) is 12.1. The number of ether oxygens (including phenoxy) is 1. The molecule has 1 unspecified atom stereocenters. The van der Waals surface area contributed by atoms with Gasteiger partial charge in [0.15, 0.2) is 5.69 Å². The molecule has 1 saturated heterocycles. The maximum Gasteiger partial charge on any atom is 0.163 e. The van der Waals surface area contributed by atoms with Crippen LogP contribution in [0.3, 0.4) is 0 Å². The summed E-state index contributed by atoms with van der Waals surface area (Å²) in [4.78, 5) is 6.33. The highest BCUT2D eigenvalue weighted by Gasteiger charge is 2.19. The predicted octanol–water partition coefficient (Wildman–Crippen LogP) is 1.96. The normalized spacial score (nSPS) is 20.7. The van der Waals surface area contributed by atoms with E-state index in [0.717, 1.165) is 38.2 Å². The average molecular weight is 231 g/mol. The van der Waals surface area contributed by atoms with E-state index in [2.05, 4.69) is 22.9 Å². The minimum absolute atomic E-state index is 0.254. The lowest BCUT2D eigenvalue weighted by atomic mass is 10.2. The van der Waals surface area contributed by atoms with Gasteiger partial charge in [-0.3, -0.25) is 0 Å². The van der Waals surface area contributed by atoms with Crippen molar-refractivity contribution >= 4 is 5.69 Å². The number of aromatic nitrogens is 1. The fourth-order valence-corrected chi connectivity index (χ4v) is 2.10. The minimum Gasteiger partial charge on any atom is -0.376 e. The van der Waals surface area contributed by atoms with Gasteiger partial charge in [0.2, 0.25) is 0 Å². The summed E-state index contributed by atoms with van der Waals surface area (Å²) in [6, 6.07) is 5.99. The Morgan fingerprint density at radius 3 is 3.29 bits per heavy atom. The molecule has 4 heteroatoms. The first-order chi connectivity index (χ1) is 8.35.